The van der Waals surface area contributed by atoms with Gasteiger partial charge in [0.2, 0.25) is 11.8 Å². The third-order valence-electron chi connectivity index (χ3n) is 9.42. The summed E-state index contributed by atoms with van der Waals surface area (Å²) in [5.41, 5.74) is 7.88. The second kappa shape index (κ2) is 12.0. The van der Waals surface area contributed by atoms with Crippen LogP contribution < -0.4 is 15.5 Å². The van der Waals surface area contributed by atoms with E-state index in [1.165, 1.54) is 4.88 Å². The van der Waals surface area contributed by atoms with Crippen LogP contribution >= 0.6 is 22.9 Å². The van der Waals surface area contributed by atoms with Gasteiger partial charge in [-0.05, 0) is 80.3 Å². The normalized spacial score (nSPS) is 18.1. The van der Waals surface area contributed by atoms with Gasteiger partial charge in [0.1, 0.15) is 22.7 Å². The number of benzene rings is 2. The van der Waals surface area contributed by atoms with Gasteiger partial charge < -0.3 is 15.5 Å². The van der Waals surface area contributed by atoms with E-state index in [4.69, 9.17) is 21.6 Å². The molecule has 12 heteroatoms. The zero-order valence-corrected chi connectivity index (χ0v) is 28.3. The van der Waals surface area contributed by atoms with Crippen molar-refractivity contribution in [3.8, 4) is 16.1 Å². The van der Waals surface area contributed by atoms with Gasteiger partial charge in [0.15, 0.2) is 5.82 Å². The van der Waals surface area contributed by atoms with Gasteiger partial charge in [-0.15, -0.1) is 21.5 Å². The van der Waals surface area contributed by atoms with E-state index in [1.807, 2.05) is 61.7 Å². The van der Waals surface area contributed by atoms with Crippen LogP contribution in [0.4, 0.5) is 11.5 Å². The van der Waals surface area contributed by atoms with Crippen LogP contribution in [0, 0.1) is 20.8 Å². The molecule has 1 saturated heterocycles. The minimum Gasteiger partial charge on any atom is -0.354 e. The summed E-state index contributed by atoms with van der Waals surface area (Å²) in [5, 5.41) is 16.8. The molecule has 1 fully saturated rings. The van der Waals surface area contributed by atoms with Gasteiger partial charge in [-0.3, -0.25) is 19.1 Å². The van der Waals surface area contributed by atoms with Gasteiger partial charge >= 0.3 is 0 Å². The number of hydrogen-bond acceptors (Lipinski definition) is 8. The van der Waals surface area contributed by atoms with Gasteiger partial charge in [0.05, 0.1) is 18.6 Å². The maximum Gasteiger partial charge on any atom is 0.228 e. The smallest absolute Gasteiger partial charge is 0.228 e. The highest BCUT2D eigenvalue weighted by Crippen LogP contribution is 2.40. The fourth-order valence-corrected chi connectivity index (χ4v) is 8.17. The average Bonchev–Trinajstić information content (AvgIpc) is 3.84. The number of aliphatic imine (C=N–C) groups is 1. The fraction of sp³-hybridized carbons (Fsp3) is 0.278. The van der Waals surface area contributed by atoms with Crippen molar-refractivity contribution in [2.75, 3.05) is 23.3 Å². The van der Waals surface area contributed by atoms with Crippen molar-refractivity contribution in [3.05, 3.63) is 105 Å². The molecule has 0 bridgehead atoms. The highest BCUT2D eigenvalue weighted by Gasteiger charge is 2.33. The first-order chi connectivity index (χ1) is 23.2. The van der Waals surface area contributed by atoms with Crippen molar-refractivity contribution >= 4 is 52.0 Å². The van der Waals surface area contributed by atoms with Gasteiger partial charge in [-0.25, -0.2) is 4.98 Å². The molecule has 5 aromatic rings. The Balaban J connectivity index is 0.990. The lowest BCUT2D eigenvalue weighted by atomic mass is 9.99. The number of thiophene rings is 1. The molecule has 3 aliphatic heterocycles. The van der Waals surface area contributed by atoms with Crippen molar-refractivity contribution < 1.29 is 9.59 Å². The van der Waals surface area contributed by atoms with Crippen molar-refractivity contribution in [2.24, 2.45) is 4.99 Å². The van der Waals surface area contributed by atoms with Crippen LogP contribution in [-0.4, -0.2) is 56.4 Å². The number of fused-ring (bicyclic) bond motifs is 4. The Hall–Kier alpha value is -4.87. The van der Waals surface area contributed by atoms with E-state index in [0.29, 0.717) is 23.8 Å². The molecule has 2 aromatic carbocycles. The number of rotatable bonds is 6. The van der Waals surface area contributed by atoms with E-state index in [0.717, 1.165) is 74.4 Å². The monoisotopic (exact) mass is 676 g/mol. The number of nitrogens with zero attached hydrogens (tertiary/aromatic N) is 6. The first-order valence-electron chi connectivity index (χ1n) is 16.0. The van der Waals surface area contributed by atoms with E-state index in [2.05, 4.69) is 50.2 Å². The lowest BCUT2D eigenvalue weighted by Crippen LogP contribution is -2.37. The molecule has 2 atom stereocenters. The summed E-state index contributed by atoms with van der Waals surface area (Å²) in [5.74, 6) is 2.24. The average molecular weight is 677 g/mol. The molecule has 48 heavy (non-hydrogen) atoms. The zero-order valence-electron chi connectivity index (χ0n) is 26.7. The van der Waals surface area contributed by atoms with Gasteiger partial charge in [0.25, 0.3) is 0 Å². The Bertz CT molecular complexity index is 2120. The van der Waals surface area contributed by atoms with Crippen LogP contribution in [0.2, 0.25) is 5.02 Å². The van der Waals surface area contributed by atoms with E-state index in [1.54, 1.807) is 11.3 Å². The van der Waals surface area contributed by atoms with Gasteiger partial charge in [0, 0.05) is 57.6 Å². The number of carbonyl (C=O) groups excluding carboxylic acids is 2. The molecule has 242 valence electrons. The standard InChI is InChI=1S/C36H33ClN8O2S/c1-19-20(2)48-36-33(19)34(22-4-8-26(37)9-5-22)41-29(35-43-42-21(3)45(35)36)16-32(47)39-27-12-13-44(18-27)30-11-7-24(17-38-30)23-6-10-28-25(14-23)15-31(46)40-28/h4-11,14,17,27,29H,12-13,15-16,18H2,1-3H3,(H,39,47)(H,40,46)/t27?,29-/m0/s1. The summed E-state index contributed by atoms with van der Waals surface area (Å²) in [7, 11) is 0. The molecule has 3 aromatic heterocycles. The zero-order chi connectivity index (χ0) is 33.1. The number of pyridine rings is 1. The van der Waals surface area contributed by atoms with Gasteiger partial charge in [-0.1, -0.05) is 29.8 Å². The first-order valence-corrected chi connectivity index (χ1v) is 17.2. The quantitative estimate of drug-likeness (QED) is 0.223. The Morgan fingerprint density at radius 1 is 1.04 bits per heavy atom. The lowest BCUT2D eigenvalue weighted by molar-refractivity contribution is -0.122. The number of carbonyl (C=O) groups is 2. The maximum absolute atomic E-state index is 13.6. The Morgan fingerprint density at radius 3 is 2.62 bits per heavy atom. The van der Waals surface area contributed by atoms with Crippen LogP contribution in [0.5, 0.6) is 0 Å². The molecule has 8 rings (SSSR count). The summed E-state index contributed by atoms with van der Waals surface area (Å²) in [6.07, 6.45) is 3.24. The maximum atomic E-state index is 13.6. The predicted octanol–water partition coefficient (Wildman–Crippen LogP) is 6.14. The molecule has 0 radical (unpaired) electrons. The fourth-order valence-electron chi connectivity index (χ4n) is 6.83. The molecule has 10 nitrogen and oxygen atoms in total. The predicted molar refractivity (Wildman–Crippen MR) is 189 cm³/mol. The number of aryl methyl sites for hydroxylation is 2. The highest BCUT2D eigenvalue weighted by atomic mass is 35.5. The molecular weight excluding hydrogens is 644 g/mol. The van der Waals surface area contributed by atoms with Crippen LogP contribution in [0.1, 0.15) is 57.7 Å². The summed E-state index contributed by atoms with van der Waals surface area (Å²) < 4.78 is 2.07. The molecular formula is C36H33ClN8O2S. The molecule has 0 aliphatic carbocycles. The highest BCUT2D eigenvalue weighted by molar-refractivity contribution is 7.15. The SMILES string of the molecule is Cc1sc2c(c1C)C(c1ccc(Cl)cc1)=N[C@@H](CC(=O)NC1CCN(c3ccc(-c4ccc5c(c4)CC(=O)N5)cn3)C1)c1nnc(C)n1-2. The van der Waals surface area contributed by atoms with E-state index < -0.39 is 6.04 Å². The van der Waals surface area contributed by atoms with Crippen molar-refractivity contribution in [1.82, 2.24) is 25.1 Å². The van der Waals surface area contributed by atoms with Crippen molar-refractivity contribution in [2.45, 2.75) is 52.1 Å². The van der Waals surface area contributed by atoms with E-state index >= 15 is 0 Å². The number of anilines is 2. The number of halogens is 1. The van der Waals surface area contributed by atoms with Crippen molar-refractivity contribution in [1.29, 1.82) is 0 Å². The van der Waals surface area contributed by atoms with E-state index in [9.17, 15) is 9.59 Å². The van der Waals surface area contributed by atoms with Crippen molar-refractivity contribution in [3.63, 3.8) is 0 Å². The van der Waals surface area contributed by atoms with Crippen LogP contribution in [0.3, 0.4) is 0 Å². The lowest BCUT2D eigenvalue weighted by Gasteiger charge is -2.19. The first kappa shape index (κ1) is 30.5. The van der Waals surface area contributed by atoms with Crippen LogP contribution in [0.25, 0.3) is 16.1 Å². The number of aromatic nitrogens is 4. The minimum atomic E-state index is -0.518. The minimum absolute atomic E-state index is 0.0164. The van der Waals surface area contributed by atoms with E-state index in [-0.39, 0.29) is 24.3 Å². The summed E-state index contributed by atoms with van der Waals surface area (Å²) in [4.78, 5) is 38.8. The molecule has 3 aliphatic rings. The number of amides is 2. The van der Waals surface area contributed by atoms with Crippen LogP contribution in [0.15, 0.2) is 65.8 Å². The molecule has 2 N–H and O–H groups in total. The Labute approximate surface area is 286 Å². The van der Waals surface area contributed by atoms with Crippen LogP contribution in [-0.2, 0) is 16.0 Å². The second-order valence-electron chi connectivity index (χ2n) is 12.6. The number of nitrogens with one attached hydrogen (secondary N) is 2. The number of hydrogen-bond donors (Lipinski definition) is 2. The summed E-state index contributed by atoms with van der Waals surface area (Å²) >= 11 is 7.94. The second-order valence-corrected chi connectivity index (χ2v) is 14.2. The van der Waals surface area contributed by atoms with Gasteiger partial charge in [-0.2, -0.15) is 0 Å². The largest absolute Gasteiger partial charge is 0.354 e. The topological polar surface area (TPSA) is 117 Å². The molecule has 0 saturated carbocycles. The summed E-state index contributed by atoms with van der Waals surface area (Å²) in [6.45, 7) is 7.63. The molecule has 2 amide bonds. The third-order valence-corrected chi connectivity index (χ3v) is 10.9. The summed E-state index contributed by atoms with van der Waals surface area (Å²) in [6, 6.07) is 17.2. The Morgan fingerprint density at radius 2 is 1.83 bits per heavy atom. The molecule has 0 spiro atoms. The molecule has 6 heterocycles. The third kappa shape index (κ3) is 5.46. The molecule has 1 unspecified atom stereocenters. The Kier molecular flexibility index (Phi) is 7.60.